The first-order valence-corrected chi connectivity index (χ1v) is 7.15. The zero-order valence-electron chi connectivity index (χ0n) is 11.7. The Bertz CT molecular complexity index is 462. The molecule has 1 N–H and O–H groups in total. The van der Waals surface area contributed by atoms with Gasteiger partial charge in [-0.05, 0) is 37.4 Å². The average Bonchev–Trinajstić information content (AvgIpc) is 2.88. The van der Waals surface area contributed by atoms with Crippen LogP contribution in [0, 0.1) is 0 Å². The van der Waals surface area contributed by atoms with E-state index in [-0.39, 0.29) is 0 Å². The lowest BCUT2D eigenvalue weighted by Gasteiger charge is -2.07. The van der Waals surface area contributed by atoms with E-state index in [0.717, 1.165) is 32.5 Å². The van der Waals surface area contributed by atoms with Crippen LogP contribution in [-0.4, -0.2) is 16.3 Å². The van der Waals surface area contributed by atoms with Crippen molar-refractivity contribution in [2.24, 2.45) is 0 Å². The quantitative estimate of drug-likeness (QED) is 0.737. The first-order valence-electron chi connectivity index (χ1n) is 7.15. The van der Waals surface area contributed by atoms with Gasteiger partial charge >= 0.3 is 0 Å². The van der Waals surface area contributed by atoms with Gasteiger partial charge in [-0.15, -0.1) is 0 Å². The third-order valence-electron chi connectivity index (χ3n) is 3.21. The van der Waals surface area contributed by atoms with Gasteiger partial charge in [0.15, 0.2) is 0 Å². The topological polar surface area (TPSA) is 29.9 Å². The summed E-state index contributed by atoms with van der Waals surface area (Å²) in [5.41, 5.74) is 2.70. The molecule has 0 bridgehead atoms. The highest BCUT2D eigenvalue weighted by atomic mass is 15.3. The van der Waals surface area contributed by atoms with Gasteiger partial charge in [0.2, 0.25) is 0 Å². The molecule has 0 saturated carbocycles. The number of hydrogen-bond acceptors (Lipinski definition) is 2. The molecule has 0 aliphatic rings. The molecule has 0 radical (unpaired) electrons. The Labute approximate surface area is 115 Å². The van der Waals surface area contributed by atoms with Gasteiger partial charge in [0.05, 0.1) is 5.69 Å². The molecule has 19 heavy (non-hydrogen) atoms. The molecule has 0 aliphatic heterocycles. The number of aryl methyl sites for hydroxylation is 2. The van der Waals surface area contributed by atoms with Crippen LogP contribution in [0.25, 0.3) is 0 Å². The van der Waals surface area contributed by atoms with Gasteiger partial charge in [-0.25, -0.2) is 0 Å². The fourth-order valence-electron chi connectivity index (χ4n) is 2.20. The molecule has 0 unspecified atom stereocenters. The lowest BCUT2D eigenvalue weighted by molar-refractivity contribution is 0.545. The van der Waals surface area contributed by atoms with Gasteiger partial charge < -0.3 is 5.32 Å². The van der Waals surface area contributed by atoms with Gasteiger partial charge in [0.1, 0.15) is 0 Å². The number of nitrogens with zero attached hydrogens (tertiary/aromatic N) is 2. The van der Waals surface area contributed by atoms with E-state index in [4.69, 9.17) is 0 Å². The van der Waals surface area contributed by atoms with Crippen LogP contribution >= 0.6 is 0 Å². The number of hydrogen-bond donors (Lipinski definition) is 1. The van der Waals surface area contributed by atoms with E-state index in [2.05, 4.69) is 58.4 Å². The Morgan fingerprint density at radius 3 is 2.79 bits per heavy atom. The van der Waals surface area contributed by atoms with Gasteiger partial charge in [-0.3, -0.25) is 4.68 Å². The largest absolute Gasteiger partial charge is 0.311 e. The fourth-order valence-corrected chi connectivity index (χ4v) is 2.20. The van der Waals surface area contributed by atoms with Crippen molar-refractivity contribution in [1.82, 2.24) is 15.1 Å². The summed E-state index contributed by atoms with van der Waals surface area (Å²) in [6.45, 7) is 5.15. The Kier molecular flexibility index (Phi) is 5.63. The number of aromatic nitrogens is 2. The summed E-state index contributed by atoms with van der Waals surface area (Å²) < 4.78 is 2.09. The van der Waals surface area contributed by atoms with Crippen LogP contribution in [0.4, 0.5) is 0 Å². The smallest absolute Gasteiger partial charge is 0.0522 e. The van der Waals surface area contributed by atoms with E-state index in [1.54, 1.807) is 0 Å². The lowest BCUT2D eigenvalue weighted by atomic mass is 10.1. The second-order valence-electron chi connectivity index (χ2n) is 4.81. The van der Waals surface area contributed by atoms with E-state index in [0.29, 0.717) is 0 Å². The number of benzene rings is 1. The lowest BCUT2D eigenvalue weighted by Crippen LogP contribution is -2.18. The SMILES string of the molecule is CCCn1nccc1CNCCCc1ccccc1. The van der Waals surface area contributed by atoms with Crippen molar-refractivity contribution in [2.75, 3.05) is 6.54 Å². The van der Waals surface area contributed by atoms with E-state index in [1.807, 2.05) is 6.20 Å². The summed E-state index contributed by atoms with van der Waals surface area (Å²) in [6, 6.07) is 12.8. The molecular formula is C16H23N3. The van der Waals surface area contributed by atoms with Crippen molar-refractivity contribution in [3.63, 3.8) is 0 Å². The summed E-state index contributed by atoms with van der Waals surface area (Å²) in [7, 11) is 0. The maximum atomic E-state index is 4.33. The Morgan fingerprint density at radius 1 is 1.16 bits per heavy atom. The van der Waals surface area contributed by atoms with Crippen LogP contribution in [0.2, 0.25) is 0 Å². The highest BCUT2D eigenvalue weighted by Crippen LogP contribution is 2.02. The van der Waals surface area contributed by atoms with Crippen LogP contribution in [0.3, 0.4) is 0 Å². The third-order valence-corrected chi connectivity index (χ3v) is 3.21. The molecule has 0 saturated heterocycles. The van der Waals surface area contributed by atoms with E-state index < -0.39 is 0 Å². The highest BCUT2D eigenvalue weighted by molar-refractivity contribution is 5.14. The fraction of sp³-hybridized carbons (Fsp3) is 0.438. The molecule has 1 heterocycles. The maximum absolute atomic E-state index is 4.33. The average molecular weight is 257 g/mol. The molecule has 1 aromatic heterocycles. The molecular weight excluding hydrogens is 234 g/mol. The molecule has 1 aromatic carbocycles. The monoisotopic (exact) mass is 257 g/mol. The zero-order chi connectivity index (χ0) is 13.3. The zero-order valence-corrected chi connectivity index (χ0v) is 11.7. The minimum absolute atomic E-state index is 0.911. The van der Waals surface area contributed by atoms with E-state index in [1.165, 1.54) is 17.7 Å². The van der Waals surface area contributed by atoms with Crippen molar-refractivity contribution in [2.45, 2.75) is 39.3 Å². The first-order chi connectivity index (χ1) is 9.40. The molecule has 0 amide bonds. The molecule has 0 fully saturated rings. The molecule has 3 heteroatoms. The van der Waals surface area contributed by atoms with Gasteiger partial charge in [0.25, 0.3) is 0 Å². The minimum Gasteiger partial charge on any atom is -0.311 e. The second-order valence-corrected chi connectivity index (χ2v) is 4.81. The predicted molar refractivity (Wildman–Crippen MR) is 79.0 cm³/mol. The van der Waals surface area contributed by atoms with E-state index >= 15 is 0 Å². The predicted octanol–water partition coefficient (Wildman–Crippen LogP) is 3.02. The summed E-state index contributed by atoms with van der Waals surface area (Å²) in [6.07, 6.45) is 5.33. The van der Waals surface area contributed by atoms with Gasteiger partial charge in [-0.1, -0.05) is 37.3 Å². The molecule has 0 aliphatic carbocycles. The van der Waals surface area contributed by atoms with Crippen LogP contribution in [0.1, 0.15) is 31.0 Å². The molecule has 2 rings (SSSR count). The summed E-state index contributed by atoms with van der Waals surface area (Å²) in [5.74, 6) is 0. The van der Waals surface area contributed by atoms with Crippen molar-refractivity contribution in [1.29, 1.82) is 0 Å². The van der Waals surface area contributed by atoms with Crippen LogP contribution in [0.15, 0.2) is 42.6 Å². The first kappa shape index (κ1) is 13.8. The van der Waals surface area contributed by atoms with Gasteiger partial charge in [0, 0.05) is 19.3 Å². The summed E-state index contributed by atoms with van der Waals surface area (Å²) >= 11 is 0. The molecule has 2 aromatic rings. The van der Waals surface area contributed by atoms with Crippen LogP contribution in [-0.2, 0) is 19.5 Å². The molecule has 0 atom stereocenters. The summed E-state index contributed by atoms with van der Waals surface area (Å²) in [5, 5.41) is 7.83. The third kappa shape index (κ3) is 4.52. The Morgan fingerprint density at radius 2 is 2.00 bits per heavy atom. The molecule has 0 spiro atoms. The van der Waals surface area contributed by atoms with E-state index in [9.17, 15) is 0 Å². The van der Waals surface area contributed by atoms with Crippen LogP contribution in [0.5, 0.6) is 0 Å². The standard InChI is InChI=1S/C16H23N3/c1-2-13-19-16(10-12-18-19)14-17-11-6-9-15-7-4-3-5-8-15/h3-5,7-8,10,12,17H,2,6,9,11,13-14H2,1H3. The van der Waals surface area contributed by atoms with Crippen molar-refractivity contribution >= 4 is 0 Å². The van der Waals surface area contributed by atoms with Crippen molar-refractivity contribution in [3.05, 3.63) is 53.9 Å². The molecule has 3 nitrogen and oxygen atoms in total. The maximum Gasteiger partial charge on any atom is 0.0522 e. The van der Waals surface area contributed by atoms with Crippen LogP contribution < -0.4 is 5.32 Å². The number of nitrogens with one attached hydrogen (secondary N) is 1. The van der Waals surface area contributed by atoms with Crippen molar-refractivity contribution < 1.29 is 0 Å². The second kappa shape index (κ2) is 7.74. The van der Waals surface area contributed by atoms with Crippen molar-refractivity contribution in [3.8, 4) is 0 Å². The summed E-state index contributed by atoms with van der Waals surface area (Å²) in [4.78, 5) is 0. The molecule has 102 valence electrons. The Balaban J connectivity index is 1.65. The minimum atomic E-state index is 0.911. The normalized spacial score (nSPS) is 10.8. The highest BCUT2D eigenvalue weighted by Gasteiger charge is 2.00. The van der Waals surface area contributed by atoms with Gasteiger partial charge in [-0.2, -0.15) is 5.10 Å². The number of rotatable bonds is 8. The Hall–Kier alpha value is -1.61.